The lowest BCUT2D eigenvalue weighted by Crippen LogP contribution is -2.46. The highest BCUT2D eigenvalue weighted by Gasteiger charge is 2.25. The number of anilines is 2. The monoisotopic (exact) mass is 509 g/mol. The van der Waals surface area contributed by atoms with E-state index in [-0.39, 0.29) is 42.5 Å². The molecular weight excluding hydrogens is 481 g/mol. The fraction of sp³-hybridized carbons (Fsp3) is 0.333. The van der Waals surface area contributed by atoms with Gasteiger partial charge in [-0.3, -0.25) is 9.79 Å². The van der Waals surface area contributed by atoms with Gasteiger partial charge in [-0.1, -0.05) is 30.3 Å². The summed E-state index contributed by atoms with van der Waals surface area (Å²) >= 11 is 0. The van der Waals surface area contributed by atoms with E-state index in [4.69, 9.17) is 4.74 Å². The molecule has 1 heterocycles. The summed E-state index contributed by atoms with van der Waals surface area (Å²) in [4.78, 5) is 18.6. The van der Waals surface area contributed by atoms with E-state index < -0.39 is 0 Å². The van der Waals surface area contributed by atoms with Crippen molar-refractivity contribution in [1.82, 2.24) is 10.6 Å². The lowest BCUT2D eigenvalue weighted by Gasteiger charge is -2.22. The average molecular weight is 509 g/mol. The van der Waals surface area contributed by atoms with Crippen LogP contribution >= 0.6 is 24.0 Å². The third-order valence-electron chi connectivity index (χ3n) is 4.65. The van der Waals surface area contributed by atoms with Gasteiger partial charge in [-0.25, -0.2) is 0 Å². The van der Waals surface area contributed by atoms with Gasteiger partial charge in [0.2, 0.25) is 5.91 Å². The number of rotatable bonds is 6. The number of ether oxygens (including phenoxy) is 1. The lowest BCUT2D eigenvalue weighted by atomic mass is 10.2. The highest BCUT2D eigenvalue weighted by atomic mass is 127. The minimum atomic E-state index is -0.115. The summed E-state index contributed by atoms with van der Waals surface area (Å²) in [6, 6.07) is 17.7. The van der Waals surface area contributed by atoms with Crippen molar-refractivity contribution in [2.75, 3.05) is 44.0 Å². The van der Waals surface area contributed by atoms with E-state index in [0.29, 0.717) is 5.96 Å². The molecule has 1 amide bonds. The molecule has 2 aromatic rings. The van der Waals surface area contributed by atoms with Crippen molar-refractivity contribution in [3.8, 4) is 5.75 Å². The van der Waals surface area contributed by atoms with Crippen LogP contribution in [-0.2, 0) is 4.79 Å². The SMILES string of the molecule is CN=C(NCC(=O)Nc1ccccc1)NC1CCN(c2ccccc2OC)C1.I. The maximum absolute atomic E-state index is 12.1. The second kappa shape index (κ2) is 11.5. The number of methoxy groups -OCH3 is 1. The van der Waals surface area contributed by atoms with Gasteiger partial charge < -0.3 is 25.6 Å². The van der Waals surface area contributed by atoms with Crippen LogP contribution in [0.1, 0.15) is 6.42 Å². The molecule has 8 heteroatoms. The fourth-order valence-electron chi connectivity index (χ4n) is 3.27. The van der Waals surface area contributed by atoms with Gasteiger partial charge in [0, 0.05) is 31.9 Å². The number of carbonyl (C=O) groups excluding carboxylic acids is 1. The molecule has 1 atom stereocenters. The quantitative estimate of drug-likeness (QED) is 0.317. The molecule has 1 aliphatic rings. The maximum Gasteiger partial charge on any atom is 0.243 e. The van der Waals surface area contributed by atoms with Crippen LogP contribution in [-0.4, -0.2) is 51.7 Å². The van der Waals surface area contributed by atoms with Crippen LogP contribution in [0.3, 0.4) is 0 Å². The van der Waals surface area contributed by atoms with Gasteiger partial charge in [0.1, 0.15) is 5.75 Å². The third-order valence-corrected chi connectivity index (χ3v) is 4.65. The van der Waals surface area contributed by atoms with Crippen molar-refractivity contribution in [1.29, 1.82) is 0 Å². The number of aliphatic imine (C=N–C) groups is 1. The van der Waals surface area contributed by atoms with Crippen LogP contribution in [0.2, 0.25) is 0 Å². The van der Waals surface area contributed by atoms with Gasteiger partial charge >= 0.3 is 0 Å². The minimum absolute atomic E-state index is 0. The van der Waals surface area contributed by atoms with Gasteiger partial charge in [-0.2, -0.15) is 0 Å². The summed E-state index contributed by atoms with van der Waals surface area (Å²) in [6.45, 7) is 1.93. The first-order valence-corrected chi connectivity index (χ1v) is 9.39. The molecule has 1 fully saturated rings. The Kier molecular flexibility index (Phi) is 9.04. The molecule has 156 valence electrons. The molecule has 0 aliphatic carbocycles. The van der Waals surface area contributed by atoms with Crippen LogP contribution in [0.4, 0.5) is 11.4 Å². The predicted octanol–water partition coefficient (Wildman–Crippen LogP) is 2.70. The van der Waals surface area contributed by atoms with Crippen molar-refractivity contribution in [2.45, 2.75) is 12.5 Å². The summed E-state index contributed by atoms with van der Waals surface area (Å²) in [7, 11) is 3.40. The summed E-state index contributed by atoms with van der Waals surface area (Å²) in [5.74, 6) is 1.38. The highest BCUT2D eigenvalue weighted by Crippen LogP contribution is 2.30. The number of guanidine groups is 1. The molecule has 0 aromatic heterocycles. The van der Waals surface area contributed by atoms with E-state index in [1.807, 2.05) is 48.5 Å². The average Bonchev–Trinajstić information content (AvgIpc) is 3.20. The standard InChI is InChI=1S/C21H27N5O2.HI/c1-22-21(23-14-20(27)24-16-8-4-3-5-9-16)25-17-12-13-26(15-17)18-10-6-7-11-19(18)28-2;/h3-11,17H,12-15H2,1-2H3,(H,24,27)(H2,22,23,25);1H. The number of nitrogens with zero attached hydrogens (tertiary/aromatic N) is 2. The zero-order chi connectivity index (χ0) is 19.8. The molecule has 0 spiro atoms. The van der Waals surface area contributed by atoms with Crippen LogP contribution in [0.25, 0.3) is 0 Å². The van der Waals surface area contributed by atoms with E-state index in [2.05, 4.69) is 31.9 Å². The van der Waals surface area contributed by atoms with Crippen LogP contribution in [0.15, 0.2) is 59.6 Å². The largest absolute Gasteiger partial charge is 0.495 e. The number of hydrogen-bond acceptors (Lipinski definition) is 4. The van der Waals surface area contributed by atoms with Gasteiger partial charge in [-0.15, -0.1) is 24.0 Å². The molecule has 2 aromatic carbocycles. The lowest BCUT2D eigenvalue weighted by molar-refractivity contribution is -0.115. The Bertz CT molecular complexity index is 816. The smallest absolute Gasteiger partial charge is 0.243 e. The van der Waals surface area contributed by atoms with E-state index in [1.54, 1.807) is 14.2 Å². The van der Waals surface area contributed by atoms with Crippen LogP contribution in [0.5, 0.6) is 5.75 Å². The maximum atomic E-state index is 12.1. The normalized spacial score (nSPS) is 16.0. The van der Waals surface area contributed by atoms with Crippen LogP contribution < -0.4 is 25.6 Å². The molecule has 3 N–H and O–H groups in total. The Morgan fingerprint density at radius 3 is 2.62 bits per heavy atom. The number of carbonyl (C=O) groups is 1. The molecule has 0 radical (unpaired) electrons. The molecule has 29 heavy (non-hydrogen) atoms. The second-order valence-electron chi connectivity index (χ2n) is 6.59. The zero-order valence-corrected chi connectivity index (χ0v) is 19.1. The Morgan fingerprint density at radius 2 is 1.90 bits per heavy atom. The van der Waals surface area contributed by atoms with Gasteiger partial charge in [-0.05, 0) is 30.7 Å². The number of amides is 1. The first-order chi connectivity index (χ1) is 13.7. The van der Waals surface area contributed by atoms with Gasteiger partial charge in [0.05, 0.1) is 19.3 Å². The van der Waals surface area contributed by atoms with Crippen molar-refractivity contribution >= 4 is 47.2 Å². The predicted molar refractivity (Wildman–Crippen MR) is 129 cm³/mol. The molecule has 1 aliphatic heterocycles. The molecule has 7 nitrogen and oxygen atoms in total. The Hall–Kier alpha value is -2.49. The van der Waals surface area contributed by atoms with Crippen molar-refractivity contribution in [2.24, 2.45) is 4.99 Å². The number of benzene rings is 2. The number of hydrogen-bond donors (Lipinski definition) is 3. The Labute approximate surface area is 188 Å². The molecule has 0 bridgehead atoms. The van der Waals surface area contributed by atoms with Crippen molar-refractivity contribution in [3.05, 3.63) is 54.6 Å². The van der Waals surface area contributed by atoms with E-state index >= 15 is 0 Å². The van der Waals surface area contributed by atoms with E-state index in [1.165, 1.54) is 0 Å². The highest BCUT2D eigenvalue weighted by molar-refractivity contribution is 14.0. The second-order valence-corrected chi connectivity index (χ2v) is 6.59. The molecule has 0 saturated carbocycles. The van der Waals surface area contributed by atoms with Crippen molar-refractivity contribution < 1.29 is 9.53 Å². The van der Waals surface area contributed by atoms with Crippen LogP contribution in [0, 0.1) is 0 Å². The summed E-state index contributed by atoms with van der Waals surface area (Å²) in [5, 5.41) is 9.33. The third kappa shape index (κ3) is 6.52. The minimum Gasteiger partial charge on any atom is -0.495 e. The first kappa shape index (κ1) is 22.8. The Balaban J connectivity index is 0.00000300. The number of para-hydroxylation sites is 3. The molecule has 1 saturated heterocycles. The zero-order valence-electron chi connectivity index (χ0n) is 16.7. The molecule has 1 unspecified atom stereocenters. The topological polar surface area (TPSA) is 78.0 Å². The molecular formula is C21H28IN5O2. The van der Waals surface area contributed by atoms with Gasteiger partial charge in [0.25, 0.3) is 0 Å². The van der Waals surface area contributed by atoms with Crippen molar-refractivity contribution in [3.63, 3.8) is 0 Å². The summed E-state index contributed by atoms with van der Waals surface area (Å²) < 4.78 is 5.47. The van der Waals surface area contributed by atoms with E-state index in [0.717, 1.165) is 36.6 Å². The van der Waals surface area contributed by atoms with E-state index in [9.17, 15) is 4.79 Å². The number of nitrogens with one attached hydrogen (secondary N) is 3. The summed E-state index contributed by atoms with van der Waals surface area (Å²) in [6.07, 6.45) is 0.981. The molecule has 3 rings (SSSR count). The fourth-order valence-corrected chi connectivity index (χ4v) is 3.27. The number of halogens is 1. The Morgan fingerprint density at radius 1 is 1.17 bits per heavy atom. The summed E-state index contributed by atoms with van der Waals surface area (Å²) in [5.41, 5.74) is 1.87. The first-order valence-electron chi connectivity index (χ1n) is 9.39. The van der Waals surface area contributed by atoms with Gasteiger partial charge in [0.15, 0.2) is 5.96 Å².